The van der Waals surface area contributed by atoms with Gasteiger partial charge < -0.3 is 20.3 Å². The maximum atomic E-state index is 8.63. The lowest BCUT2D eigenvalue weighted by atomic mass is 9.95. The van der Waals surface area contributed by atoms with Gasteiger partial charge in [-0.25, -0.2) is 0 Å². The van der Waals surface area contributed by atoms with Crippen LogP contribution in [0.25, 0.3) is 82.2 Å². The molecule has 0 fully saturated rings. The summed E-state index contributed by atoms with van der Waals surface area (Å²) >= 11 is 0. The standard InChI is InChI=1S/C47H32N4.C7H8/c48-39(30-12-3-1-4-13-30)29-40(49)32-14-11-17-34(28-32)51-41-20-9-7-18-37(41)46-36-24-22-31-23-26-44-47(45(31)35(36)25-27-43(46)51)38-19-8-10-21-42(38)50(44)33-15-5-2-6-16-33;1-7-5-3-2-4-6-7/h1-29,48H,49H2;2-6H,1H3/b40-29-,48-39?;. The van der Waals surface area contributed by atoms with Crippen LogP contribution in [-0.2, 0) is 0 Å². The number of benzene rings is 9. The highest BCUT2D eigenvalue weighted by Gasteiger charge is 2.19. The summed E-state index contributed by atoms with van der Waals surface area (Å²) in [7, 11) is 0. The summed E-state index contributed by atoms with van der Waals surface area (Å²) in [6.45, 7) is 2.08. The van der Waals surface area contributed by atoms with Crippen molar-refractivity contribution < 1.29 is 0 Å². The van der Waals surface area contributed by atoms with Crippen LogP contribution in [0.3, 0.4) is 0 Å². The lowest BCUT2D eigenvalue weighted by molar-refractivity contribution is 1.18. The summed E-state index contributed by atoms with van der Waals surface area (Å²) < 4.78 is 4.73. The first-order valence-corrected chi connectivity index (χ1v) is 19.6. The van der Waals surface area contributed by atoms with Gasteiger partial charge in [-0.3, -0.25) is 0 Å². The quantitative estimate of drug-likeness (QED) is 0.134. The molecule has 0 aliphatic carbocycles. The van der Waals surface area contributed by atoms with Crippen LogP contribution in [0.15, 0.2) is 206 Å². The van der Waals surface area contributed by atoms with Crippen molar-refractivity contribution in [3.8, 4) is 11.4 Å². The molecule has 2 heterocycles. The molecule has 0 unspecified atom stereocenters. The molecule has 0 saturated carbocycles. The number of allylic oxidation sites excluding steroid dienone is 1. The fourth-order valence-electron chi connectivity index (χ4n) is 8.59. The van der Waals surface area contributed by atoms with Gasteiger partial charge >= 0.3 is 0 Å². The van der Waals surface area contributed by atoms with Crippen molar-refractivity contribution >= 4 is 76.6 Å². The van der Waals surface area contributed by atoms with Gasteiger partial charge in [-0.2, -0.15) is 0 Å². The fraction of sp³-hybridized carbons (Fsp3) is 0.0185. The molecule has 276 valence electrons. The predicted molar refractivity (Wildman–Crippen MR) is 247 cm³/mol. The van der Waals surface area contributed by atoms with E-state index in [2.05, 4.69) is 156 Å². The van der Waals surface area contributed by atoms with Crippen molar-refractivity contribution in [3.05, 3.63) is 223 Å². The number of aryl methyl sites for hydroxylation is 1. The molecule has 9 aromatic carbocycles. The lowest BCUT2D eigenvalue weighted by Gasteiger charge is -2.12. The highest BCUT2D eigenvalue weighted by Crippen LogP contribution is 2.43. The number of nitrogens with two attached hydrogens (primary N) is 1. The van der Waals surface area contributed by atoms with E-state index in [9.17, 15) is 0 Å². The summed E-state index contributed by atoms with van der Waals surface area (Å²) in [5.74, 6) is 0. The van der Waals surface area contributed by atoms with E-state index in [-0.39, 0.29) is 0 Å². The molecular formula is C54H40N4. The highest BCUT2D eigenvalue weighted by molar-refractivity contribution is 6.32. The smallest absolute Gasteiger partial charge is 0.0632 e. The average Bonchev–Trinajstić information content (AvgIpc) is 3.81. The zero-order valence-electron chi connectivity index (χ0n) is 32.1. The number of para-hydroxylation sites is 3. The van der Waals surface area contributed by atoms with Crippen LogP contribution in [0.4, 0.5) is 0 Å². The van der Waals surface area contributed by atoms with Gasteiger partial charge in [0.25, 0.3) is 0 Å². The van der Waals surface area contributed by atoms with Gasteiger partial charge in [0.05, 0.1) is 27.8 Å². The molecule has 0 saturated heterocycles. The molecular weight excluding hydrogens is 705 g/mol. The van der Waals surface area contributed by atoms with Gasteiger partial charge in [0.15, 0.2) is 0 Å². The molecule has 4 nitrogen and oxygen atoms in total. The van der Waals surface area contributed by atoms with Crippen LogP contribution in [0.5, 0.6) is 0 Å². The van der Waals surface area contributed by atoms with Crippen molar-refractivity contribution in [1.29, 1.82) is 5.41 Å². The predicted octanol–water partition coefficient (Wildman–Crippen LogP) is 13.5. The number of aromatic nitrogens is 2. The van der Waals surface area contributed by atoms with Crippen molar-refractivity contribution in [1.82, 2.24) is 9.13 Å². The van der Waals surface area contributed by atoms with E-state index >= 15 is 0 Å². The Hall–Kier alpha value is -7.69. The Morgan fingerprint density at radius 3 is 1.62 bits per heavy atom. The Morgan fingerprint density at radius 2 is 0.931 bits per heavy atom. The minimum absolute atomic E-state index is 0.384. The number of fused-ring (bicyclic) bond motifs is 11. The first-order valence-electron chi connectivity index (χ1n) is 19.6. The largest absolute Gasteiger partial charge is 0.398 e. The van der Waals surface area contributed by atoms with E-state index in [1.165, 1.54) is 59.7 Å². The number of hydrogen-bond acceptors (Lipinski definition) is 2. The molecule has 58 heavy (non-hydrogen) atoms. The van der Waals surface area contributed by atoms with Crippen molar-refractivity contribution in [3.63, 3.8) is 0 Å². The van der Waals surface area contributed by atoms with Gasteiger partial charge in [0, 0.05) is 38.6 Å². The van der Waals surface area contributed by atoms with E-state index in [1.807, 2.05) is 60.7 Å². The third-order valence-electron chi connectivity index (χ3n) is 11.2. The first-order chi connectivity index (χ1) is 28.5. The molecule has 2 aromatic heterocycles. The van der Waals surface area contributed by atoms with Crippen LogP contribution in [-0.4, -0.2) is 14.8 Å². The van der Waals surface area contributed by atoms with E-state index in [4.69, 9.17) is 11.1 Å². The third-order valence-corrected chi connectivity index (χ3v) is 11.2. The normalized spacial score (nSPS) is 11.8. The van der Waals surface area contributed by atoms with E-state index < -0.39 is 0 Å². The van der Waals surface area contributed by atoms with Crippen LogP contribution in [0.2, 0.25) is 0 Å². The first kappa shape index (κ1) is 34.8. The SMILES string of the molecule is Cc1ccccc1.N=C(/C=C(\N)c1cccc(-n2c3ccccc3c3c4ccc5ccc6c(c7ccccc7n6-c6ccccc6)c5c4ccc32)c1)c1ccccc1. The molecule has 0 spiro atoms. The summed E-state index contributed by atoms with van der Waals surface area (Å²) in [6.07, 6.45) is 1.74. The zero-order valence-corrected chi connectivity index (χ0v) is 32.1. The monoisotopic (exact) mass is 744 g/mol. The van der Waals surface area contributed by atoms with Gasteiger partial charge in [0.1, 0.15) is 0 Å². The lowest BCUT2D eigenvalue weighted by Crippen LogP contribution is -2.03. The van der Waals surface area contributed by atoms with Crippen LogP contribution in [0.1, 0.15) is 16.7 Å². The number of hydrogen-bond donors (Lipinski definition) is 2. The Labute approximate surface area is 336 Å². The van der Waals surface area contributed by atoms with Crippen LogP contribution >= 0.6 is 0 Å². The molecule has 0 amide bonds. The summed E-state index contributed by atoms with van der Waals surface area (Å²) in [6, 6.07) is 70.1. The second-order valence-electron chi connectivity index (χ2n) is 14.8. The van der Waals surface area contributed by atoms with Crippen LogP contribution in [0, 0.1) is 12.3 Å². The highest BCUT2D eigenvalue weighted by atomic mass is 15.0. The Bertz CT molecular complexity index is 3350. The second-order valence-corrected chi connectivity index (χ2v) is 14.8. The Balaban J connectivity index is 0.000000530. The fourth-order valence-corrected chi connectivity index (χ4v) is 8.59. The molecule has 4 heteroatoms. The van der Waals surface area contributed by atoms with Gasteiger partial charge in [-0.05, 0) is 94.2 Å². The molecule has 0 aliphatic heterocycles. The zero-order chi connectivity index (χ0) is 39.2. The van der Waals surface area contributed by atoms with Gasteiger partial charge in [-0.1, -0.05) is 157 Å². The third kappa shape index (κ3) is 5.91. The number of nitrogens with zero attached hydrogens (tertiary/aromatic N) is 2. The topological polar surface area (TPSA) is 59.7 Å². The van der Waals surface area contributed by atoms with Crippen molar-refractivity contribution in [2.75, 3.05) is 0 Å². The maximum absolute atomic E-state index is 8.63. The second kappa shape index (κ2) is 14.4. The summed E-state index contributed by atoms with van der Waals surface area (Å²) in [5.41, 5.74) is 17.5. The van der Waals surface area contributed by atoms with Crippen molar-refractivity contribution in [2.45, 2.75) is 6.92 Å². The molecule has 0 bridgehead atoms. The Kier molecular flexibility index (Phi) is 8.65. The maximum Gasteiger partial charge on any atom is 0.0632 e. The Morgan fingerprint density at radius 1 is 0.431 bits per heavy atom. The summed E-state index contributed by atoms with van der Waals surface area (Å²) in [4.78, 5) is 0. The molecule has 0 radical (unpaired) electrons. The van der Waals surface area contributed by atoms with Gasteiger partial charge in [-0.15, -0.1) is 0 Å². The summed E-state index contributed by atoms with van der Waals surface area (Å²) in [5, 5.41) is 18.6. The van der Waals surface area contributed by atoms with Gasteiger partial charge in [0.2, 0.25) is 0 Å². The van der Waals surface area contributed by atoms with Crippen molar-refractivity contribution in [2.24, 2.45) is 5.73 Å². The van der Waals surface area contributed by atoms with E-state index in [1.54, 1.807) is 6.08 Å². The van der Waals surface area contributed by atoms with Crippen LogP contribution < -0.4 is 5.73 Å². The molecule has 3 N–H and O–H groups in total. The molecule has 0 aliphatic rings. The number of rotatable bonds is 5. The minimum Gasteiger partial charge on any atom is -0.398 e. The molecule has 0 atom stereocenters. The van der Waals surface area contributed by atoms with E-state index in [0.29, 0.717) is 11.4 Å². The minimum atomic E-state index is 0.384. The molecule has 11 aromatic rings. The average molecular weight is 745 g/mol. The number of nitrogens with one attached hydrogen (secondary N) is 1. The molecule has 11 rings (SSSR count). The van der Waals surface area contributed by atoms with E-state index in [0.717, 1.165) is 33.5 Å².